The molecule has 1 aromatic heterocycles. The summed E-state index contributed by atoms with van der Waals surface area (Å²) in [6.07, 6.45) is 1.72. The molecule has 1 aromatic carbocycles. The molecule has 2 aromatic rings. The lowest BCUT2D eigenvalue weighted by Gasteiger charge is -2.18. The molecule has 3 nitrogen and oxygen atoms in total. The highest BCUT2D eigenvalue weighted by Crippen LogP contribution is 2.12. The Morgan fingerprint density at radius 1 is 1.29 bits per heavy atom. The maximum absolute atomic E-state index is 13.0. The van der Waals surface area contributed by atoms with Gasteiger partial charge in [-0.05, 0) is 30.7 Å². The first-order valence-electron chi connectivity index (χ1n) is 5.40. The minimum absolute atomic E-state index is 0.213. The van der Waals surface area contributed by atoms with Gasteiger partial charge in [-0.2, -0.15) is 0 Å². The first-order chi connectivity index (χ1) is 8.15. The highest BCUT2D eigenvalue weighted by atomic mass is 19.1. The Kier molecular flexibility index (Phi) is 3.32. The lowest BCUT2D eigenvalue weighted by Crippen LogP contribution is -2.18. The number of nitrogens with zero attached hydrogens (tertiary/aromatic N) is 3. The van der Waals surface area contributed by atoms with E-state index in [0.717, 1.165) is 17.2 Å². The monoisotopic (exact) mass is 231 g/mol. The van der Waals surface area contributed by atoms with Crippen LogP contribution in [0.15, 0.2) is 36.5 Å². The van der Waals surface area contributed by atoms with Gasteiger partial charge in [-0.25, -0.2) is 14.4 Å². The molecule has 0 atom stereocenters. The maximum atomic E-state index is 13.0. The van der Waals surface area contributed by atoms with Crippen molar-refractivity contribution in [1.82, 2.24) is 9.97 Å². The van der Waals surface area contributed by atoms with E-state index >= 15 is 0 Å². The largest absolute Gasteiger partial charge is 0.355 e. The molecule has 0 saturated carbocycles. The zero-order valence-electron chi connectivity index (χ0n) is 9.89. The Morgan fingerprint density at radius 3 is 2.82 bits per heavy atom. The molecule has 17 heavy (non-hydrogen) atoms. The minimum Gasteiger partial charge on any atom is -0.355 e. The molecular weight excluding hydrogens is 217 g/mol. The number of hydrogen-bond donors (Lipinski definition) is 0. The molecule has 0 spiro atoms. The van der Waals surface area contributed by atoms with Crippen LogP contribution in [0.4, 0.5) is 10.2 Å². The van der Waals surface area contributed by atoms with E-state index in [2.05, 4.69) is 9.97 Å². The van der Waals surface area contributed by atoms with Gasteiger partial charge in [-0.3, -0.25) is 0 Å². The van der Waals surface area contributed by atoms with Crippen LogP contribution in [0.5, 0.6) is 0 Å². The van der Waals surface area contributed by atoms with Crippen molar-refractivity contribution >= 4 is 5.82 Å². The Labute approximate surface area is 99.9 Å². The van der Waals surface area contributed by atoms with Crippen LogP contribution in [0.1, 0.15) is 11.4 Å². The van der Waals surface area contributed by atoms with E-state index in [1.165, 1.54) is 12.1 Å². The van der Waals surface area contributed by atoms with Crippen LogP contribution in [-0.2, 0) is 6.54 Å². The van der Waals surface area contributed by atoms with Crippen molar-refractivity contribution in [2.75, 3.05) is 11.9 Å². The summed E-state index contributed by atoms with van der Waals surface area (Å²) < 4.78 is 13.0. The Morgan fingerprint density at radius 2 is 2.12 bits per heavy atom. The summed E-state index contributed by atoms with van der Waals surface area (Å²) in [6.45, 7) is 2.47. The van der Waals surface area contributed by atoms with Crippen LogP contribution in [0, 0.1) is 12.7 Å². The van der Waals surface area contributed by atoms with E-state index in [4.69, 9.17) is 0 Å². The lowest BCUT2D eigenvalue weighted by molar-refractivity contribution is 0.625. The smallest absolute Gasteiger partial charge is 0.132 e. The third-order valence-electron chi connectivity index (χ3n) is 2.46. The highest BCUT2D eigenvalue weighted by molar-refractivity contribution is 5.37. The fraction of sp³-hybridized carbons (Fsp3) is 0.231. The first-order valence-corrected chi connectivity index (χ1v) is 5.40. The third kappa shape index (κ3) is 3.00. The number of aryl methyl sites for hydroxylation is 1. The van der Waals surface area contributed by atoms with Gasteiger partial charge < -0.3 is 4.90 Å². The average Bonchev–Trinajstić information content (AvgIpc) is 2.29. The molecule has 0 fully saturated rings. The standard InChI is InChI=1S/C13H14FN3/c1-10-15-7-6-13(16-10)17(2)9-11-4-3-5-12(14)8-11/h3-8H,9H2,1-2H3. The van der Waals surface area contributed by atoms with Gasteiger partial charge in [0.15, 0.2) is 0 Å². The lowest BCUT2D eigenvalue weighted by atomic mass is 10.2. The van der Waals surface area contributed by atoms with E-state index < -0.39 is 0 Å². The van der Waals surface area contributed by atoms with Gasteiger partial charge in [0.05, 0.1) is 0 Å². The molecule has 0 aliphatic rings. The summed E-state index contributed by atoms with van der Waals surface area (Å²) in [5.74, 6) is 1.35. The van der Waals surface area contributed by atoms with E-state index in [1.54, 1.807) is 12.3 Å². The summed E-state index contributed by atoms with van der Waals surface area (Å²) in [5, 5.41) is 0. The summed E-state index contributed by atoms with van der Waals surface area (Å²) in [4.78, 5) is 10.3. The van der Waals surface area contributed by atoms with Crippen molar-refractivity contribution < 1.29 is 4.39 Å². The zero-order chi connectivity index (χ0) is 12.3. The van der Waals surface area contributed by atoms with E-state index in [0.29, 0.717) is 6.54 Å². The molecule has 1 heterocycles. The van der Waals surface area contributed by atoms with Gasteiger partial charge in [-0.1, -0.05) is 12.1 Å². The van der Waals surface area contributed by atoms with Crippen molar-refractivity contribution in [3.8, 4) is 0 Å². The number of hydrogen-bond acceptors (Lipinski definition) is 3. The molecule has 0 amide bonds. The van der Waals surface area contributed by atoms with Crippen LogP contribution in [-0.4, -0.2) is 17.0 Å². The molecule has 0 N–H and O–H groups in total. The predicted molar refractivity (Wildman–Crippen MR) is 65.3 cm³/mol. The number of aromatic nitrogens is 2. The normalized spacial score (nSPS) is 10.3. The topological polar surface area (TPSA) is 29.0 Å². The summed E-state index contributed by atoms with van der Waals surface area (Å²) in [7, 11) is 1.92. The van der Waals surface area contributed by atoms with Crippen LogP contribution in [0.3, 0.4) is 0 Å². The molecule has 88 valence electrons. The second-order valence-corrected chi connectivity index (χ2v) is 3.95. The minimum atomic E-state index is -0.213. The summed E-state index contributed by atoms with van der Waals surface area (Å²) in [6, 6.07) is 8.42. The predicted octanol–water partition coefficient (Wildman–Crippen LogP) is 2.56. The van der Waals surface area contributed by atoms with Gasteiger partial charge in [0.2, 0.25) is 0 Å². The average molecular weight is 231 g/mol. The van der Waals surface area contributed by atoms with Crippen LogP contribution < -0.4 is 4.90 Å². The molecule has 2 rings (SSSR count). The quantitative estimate of drug-likeness (QED) is 0.813. The van der Waals surface area contributed by atoms with Gasteiger partial charge >= 0.3 is 0 Å². The fourth-order valence-corrected chi connectivity index (χ4v) is 1.65. The number of anilines is 1. The molecule has 0 aliphatic carbocycles. The van der Waals surface area contributed by atoms with Gasteiger partial charge in [0.1, 0.15) is 17.5 Å². The molecule has 0 bridgehead atoms. The van der Waals surface area contributed by atoms with Crippen LogP contribution >= 0.6 is 0 Å². The molecule has 0 radical (unpaired) electrons. The maximum Gasteiger partial charge on any atom is 0.132 e. The molecule has 4 heteroatoms. The zero-order valence-corrected chi connectivity index (χ0v) is 9.89. The van der Waals surface area contributed by atoms with Crippen molar-refractivity contribution in [2.45, 2.75) is 13.5 Å². The molecule has 0 unspecified atom stereocenters. The summed E-state index contributed by atoms with van der Waals surface area (Å²) in [5.41, 5.74) is 0.920. The Balaban J connectivity index is 2.14. The molecule has 0 saturated heterocycles. The SMILES string of the molecule is Cc1nccc(N(C)Cc2cccc(F)c2)n1. The van der Waals surface area contributed by atoms with Gasteiger partial charge in [-0.15, -0.1) is 0 Å². The van der Waals surface area contributed by atoms with Crippen LogP contribution in [0.2, 0.25) is 0 Å². The third-order valence-corrected chi connectivity index (χ3v) is 2.46. The molecule has 0 aliphatic heterocycles. The van der Waals surface area contributed by atoms with Crippen molar-refractivity contribution in [3.63, 3.8) is 0 Å². The second kappa shape index (κ2) is 4.91. The second-order valence-electron chi connectivity index (χ2n) is 3.95. The highest BCUT2D eigenvalue weighted by Gasteiger charge is 2.04. The van der Waals surface area contributed by atoms with Crippen molar-refractivity contribution in [1.29, 1.82) is 0 Å². The van der Waals surface area contributed by atoms with Gasteiger partial charge in [0, 0.05) is 19.8 Å². The Hall–Kier alpha value is -1.97. The first kappa shape index (κ1) is 11.5. The van der Waals surface area contributed by atoms with E-state index in [-0.39, 0.29) is 5.82 Å². The van der Waals surface area contributed by atoms with Crippen molar-refractivity contribution in [3.05, 3.63) is 53.7 Å². The summed E-state index contributed by atoms with van der Waals surface area (Å²) >= 11 is 0. The van der Waals surface area contributed by atoms with E-state index in [1.807, 2.05) is 31.0 Å². The fourth-order valence-electron chi connectivity index (χ4n) is 1.65. The van der Waals surface area contributed by atoms with Gasteiger partial charge in [0.25, 0.3) is 0 Å². The number of halogens is 1. The number of benzene rings is 1. The number of rotatable bonds is 3. The molecular formula is C13H14FN3. The Bertz CT molecular complexity index is 514. The van der Waals surface area contributed by atoms with E-state index in [9.17, 15) is 4.39 Å². The van der Waals surface area contributed by atoms with Crippen molar-refractivity contribution in [2.24, 2.45) is 0 Å². The van der Waals surface area contributed by atoms with Crippen LogP contribution in [0.25, 0.3) is 0 Å².